The molecular formula is C19H23Cl2N3O6S. The lowest BCUT2D eigenvalue weighted by molar-refractivity contribution is -0.137. The van der Waals surface area contributed by atoms with Gasteiger partial charge in [-0.15, -0.1) is 12.4 Å². The Morgan fingerprint density at radius 1 is 1.16 bits per heavy atom. The van der Waals surface area contributed by atoms with Crippen molar-refractivity contribution in [3.63, 3.8) is 0 Å². The van der Waals surface area contributed by atoms with Crippen molar-refractivity contribution in [2.75, 3.05) is 13.2 Å². The number of aromatic nitrogens is 1. The van der Waals surface area contributed by atoms with Crippen molar-refractivity contribution in [1.29, 1.82) is 0 Å². The van der Waals surface area contributed by atoms with Crippen LogP contribution in [-0.4, -0.2) is 49.6 Å². The van der Waals surface area contributed by atoms with E-state index in [1.807, 2.05) is 0 Å². The molecule has 0 saturated carbocycles. The summed E-state index contributed by atoms with van der Waals surface area (Å²) in [5.74, 6) is -1.13. The number of carbonyl (C=O) groups excluding carboxylic acids is 1. The molecule has 1 heterocycles. The summed E-state index contributed by atoms with van der Waals surface area (Å²) in [6.45, 7) is -0.0579. The fourth-order valence-electron chi connectivity index (χ4n) is 2.38. The summed E-state index contributed by atoms with van der Waals surface area (Å²) < 4.78 is 33.1. The normalized spacial score (nSPS) is 11.8. The van der Waals surface area contributed by atoms with E-state index in [9.17, 15) is 18.0 Å². The fraction of sp³-hybridized carbons (Fsp3) is 0.316. The van der Waals surface area contributed by atoms with Gasteiger partial charge in [-0.2, -0.15) is 4.72 Å². The Balaban J connectivity index is 0.00000480. The summed E-state index contributed by atoms with van der Waals surface area (Å²) >= 11 is 5.80. The maximum absolute atomic E-state index is 12.7. The predicted molar refractivity (Wildman–Crippen MR) is 117 cm³/mol. The van der Waals surface area contributed by atoms with Crippen LogP contribution in [0.2, 0.25) is 5.02 Å². The summed E-state index contributed by atoms with van der Waals surface area (Å²) in [6, 6.07) is 7.57. The lowest BCUT2D eigenvalue weighted by atomic mass is 10.2. The lowest BCUT2D eigenvalue weighted by Gasteiger charge is -2.19. The number of rotatable bonds is 12. The first kappa shape index (κ1) is 26.6. The first-order chi connectivity index (χ1) is 14.3. The third kappa shape index (κ3) is 9.52. The SMILES string of the molecule is Cl.O=C(O)CCCCNC(=O)C(COc1cccnc1)NS(=O)(=O)c1ccc(Cl)cc1. The van der Waals surface area contributed by atoms with Gasteiger partial charge in [-0.25, -0.2) is 8.42 Å². The summed E-state index contributed by atoms with van der Waals surface area (Å²) in [5, 5.41) is 11.6. The number of carboxylic acids is 1. The van der Waals surface area contributed by atoms with Gasteiger partial charge in [0.15, 0.2) is 0 Å². The van der Waals surface area contributed by atoms with Crippen LogP contribution in [0.3, 0.4) is 0 Å². The Hall–Kier alpha value is -2.40. The van der Waals surface area contributed by atoms with Gasteiger partial charge in [-0.05, 0) is 49.2 Å². The highest BCUT2D eigenvalue weighted by atomic mass is 35.5. The van der Waals surface area contributed by atoms with E-state index in [-0.39, 0.29) is 36.9 Å². The maximum Gasteiger partial charge on any atom is 0.303 e. The molecule has 170 valence electrons. The van der Waals surface area contributed by atoms with Crippen LogP contribution < -0.4 is 14.8 Å². The summed E-state index contributed by atoms with van der Waals surface area (Å²) in [5.41, 5.74) is 0. The number of sulfonamides is 1. The summed E-state index contributed by atoms with van der Waals surface area (Å²) in [7, 11) is -4.01. The Morgan fingerprint density at radius 2 is 1.87 bits per heavy atom. The minimum absolute atomic E-state index is 0. The number of ether oxygens (including phenoxy) is 1. The number of carbonyl (C=O) groups is 2. The summed E-state index contributed by atoms with van der Waals surface area (Å²) in [4.78, 5) is 26.9. The Labute approximate surface area is 191 Å². The zero-order valence-corrected chi connectivity index (χ0v) is 18.8. The average Bonchev–Trinajstić information content (AvgIpc) is 2.71. The molecule has 2 rings (SSSR count). The predicted octanol–water partition coefficient (Wildman–Crippen LogP) is 2.25. The van der Waals surface area contributed by atoms with Crippen LogP contribution in [0, 0.1) is 0 Å². The standard InChI is InChI=1S/C19H22ClN3O6S.ClH/c20-14-6-8-16(9-7-14)30(27,28)23-17(13-29-15-4-3-10-21-12-15)19(26)22-11-2-1-5-18(24)25;/h3-4,6-10,12,17,23H,1-2,5,11,13H2,(H,22,26)(H,24,25);1H. The highest BCUT2D eigenvalue weighted by Gasteiger charge is 2.26. The number of halogens is 2. The van der Waals surface area contributed by atoms with Gasteiger partial charge in [-0.3, -0.25) is 14.6 Å². The average molecular weight is 492 g/mol. The molecule has 0 fully saturated rings. The van der Waals surface area contributed by atoms with Crippen molar-refractivity contribution in [3.8, 4) is 5.75 Å². The van der Waals surface area contributed by atoms with Crippen LogP contribution in [0.4, 0.5) is 0 Å². The maximum atomic E-state index is 12.7. The number of nitrogens with one attached hydrogen (secondary N) is 2. The Bertz CT molecular complexity index is 943. The van der Waals surface area contributed by atoms with E-state index in [0.717, 1.165) is 0 Å². The number of carboxylic acid groups (broad SMARTS) is 1. The van der Waals surface area contributed by atoms with Gasteiger partial charge in [0.25, 0.3) is 0 Å². The van der Waals surface area contributed by atoms with E-state index in [1.165, 1.54) is 30.5 Å². The van der Waals surface area contributed by atoms with Crippen molar-refractivity contribution in [2.24, 2.45) is 0 Å². The first-order valence-corrected chi connectivity index (χ1v) is 10.9. The molecule has 1 aromatic heterocycles. The van der Waals surface area contributed by atoms with Crippen LogP contribution in [0.5, 0.6) is 5.75 Å². The molecule has 0 spiro atoms. The Kier molecular flexibility index (Phi) is 11.3. The number of benzene rings is 1. The topological polar surface area (TPSA) is 135 Å². The molecule has 0 saturated heterocycles. The summed E-state index contributed by atoms with van der Waals surface area (Å²) in [6.07, 6.45) is 3.82. The van der Waals surface area contributed by atoms with Gasteiger partial charge in [0.1, 0.15) is 18.4 Å². The molecule has 0 aliphatic heterocycles. The quantitative estimate of drug-likeness (QED) is 0.387. The van der Waals surface area contributed by atoms with Gasteiger partial charge in [0.2, 0.25) is 15.9 Å². The second-order valence-electron chi connectivity index (χ2n) is 6.27. The monoisotopic (exact) mass is 491 g/mol. The van der Waals surface area contributed by atoms with Crippen LogP contribution in [0.15, 0.2) is 53.7 Å². The molecule has 0 radical (unpaired) electrons. The van der Waals surface area contributed by atoms with E-state index in [2.05, 4.69) is 15.0 Å². The molecule has 12 heteroatoms. The third-order valence-corrected chi connectivity index (χ3v) is 5.65. The van der Waals surface area contributed by atoms with Crippen LogP contribution in [0.1, 0.15) is 19.3 Å². The number of hydrogen-bond acceptors (Lipinski definition) is 6. The molecule has 9 nitrogen and oxygen atoms in total. The molecule has 1 atom stereocenters. The number of nitrogens with zero attached hydrogens (tertiary/aromatic N) is 1. The lowest BCUT2D eigenvalue weighted by Crippen LogP contribution is -2.50. The fourth-order valence-corrected chi connectivity index (χ4v) is 3.69. The molecule has 1 unspecified atom stereocenters. The number of amides is 1. The molecule has 0 aliphatic carbocycles. The minimum atomic E-state index is -4.01. The molecular weight excluding hydrogens is 469 g/mol. The van der Waals surface area contributed by atoms with E-state index >= 15 is 0 Å². The van der Waals surface area contributed by atoms with E-state index in [4.69, 9.17) is 21.4 Å². The third-order valence-electron chi connectivity index (χ3n) is 3.91. The van der Waals surface area contributed by atoms with Gasteiger partial charge < -0.3 is 15.2 Å². The number of pyridine rings is 1. The van der Waals surface area contributed by atoms with Crippen LogP contribution >= 0.6 is 24.0 Å². The van der Waals surface area contributed by atoms with E-state index in [1.54, 1.807) is 18.3 Å². The van der Waals surface area contributed by atoms with Crippen LogP contribution in [-0.2, 0) is 19.6 Å². The largest absolute Gasteiger partial charge is 0.490 e. The molecule has 0 bridgehead atoms. The van der Waals surface area contributed by atoms with Crippen molar-refractivity contribution in [2.45, 2.75) is 30.2 Å². The van der Waals surface area contributed by atoms with E-state index in [0.29, 0.717) is 23.6 Å². The van der Waals surface area contributed by atoms with Crippen molar-refractivity contribution >= 4 is 45.9 Å². The highest BCUT2D eigenvalue weighted by molar-refractivity contribution is 7.89. The zero-order valence-electron chi connectivity index (χ0n) is 16.4. The van der Waals surface area contributed by atoms with Crippen molar-refractivity contribution in [3.05, 3.63) is 53.8 Å². The van der Waals surface area contributed by atoms with Gasteiger partial charge in [0, 0.05) is 24.2 Å². The Morgan fingerprint density at radius 3 is 2.48 bits per heavy atom. The number of aliphatic carboxylic acids is 1. The van der Waals surface area contributed by atoms with Crippen molar-refractivity contribution in [1.82, 2.24) is 15.0 Å². The minimum Gasteiger partial charge on any atom is -0.490 e. The molecule has 2 aromatic rings. The number of hydrogen-bond donors (Lipinski definition) is 3. The van der Waals surface area contributed by atoms with Gasteiger partial charge >= 0.3 is 5.97 Å². The van der Waals surface area contributed by atoms with Gasteiger partial charge in [0.05, 0.1) is 11.1 Å². The zero-order chi connectivity index (χ0) is 22.0. The highest BCUT2D eigenvalue weighted by Crippen LogP contribution is 2.15. The molecule has 1 aromatic carbocycles. The molecule has 3 N–H and O–H groups in total. The first-order valence-electron chi connectivity index (χ1n) is 9.08. The van der Waals surface area contributed by atoms with Crippen molar-refractivity contribution < 1.29 is 27.9 Å². The molecule has 31 heavy (non-hydrogen) atoms. The number of unbranched alkanes of at least 4 members (excludes halogenated alkanes) is 1. The van der Waals surface area contributed by atoms with Crippen LogP contribution in [0.25, 0.3) is 0 Å². The molecule has 1 amide bonds. The second-order valence-corrected chi connectivity index (χ2v) is 8.42. The smallest absolute Gasteiger partial charge is 0.303 e. The molecule has 0 aliphatic rings. The van der Waals surface area contributed by atoms with E-state index < -0.39 is 27.9 Å². The van der Waals surface area contributed by atoms with Gasteiger partial charge in [-0.1, -0.05) is 11.6 Å². The second kappa shape index (κ2) is 13.1.